The number of carbonyl (C=O) groups excluding carboxylic acids is 2. The molecule has 8 heteroatoms. The fraction of sp³-hybridized carbons (Fsp3) is 0.400. The van der Waals surface area contributed by atoms with Gasteiger partial charge in [0, 0.05) is 19.6 Å². The normalized spacial score (nSPS) is 15.4. The average molecular weight is 536 g/mol. The molecule has 4 rings (SSSR count). The molecule has 0 saturated heterocycles. The summed E-state index contributed by atoms with van der Waals surface area (Å²) >= 11 is 0. The summed E-state index contributed by atoms with van der Waals surface area (Å²) in [6, 6.07) is 19.6. The number of hydrogen-bond acceptors (Lipinski definition) is 4. The topological polar surface area (TPSA) is 86.8 Å². The molecular formula is C30H37N3O4S. The van der Waals surface area contributed by atoms with Gasteiger partial charge in [0.25, 0.3) is 0 Å². The van der Waals surface area contributed by atoms with Crippen molar-refractivity contribution >= 4 is 32.6 Å². The van der Waals surface area contributed by atoms with Crippen LogP contribution in [0.25, 0.3) is 10.8 Å². The van der Waals surface area contributed by atoms with Crippen molar-refractivity contribution in [2.45, 2.75) is 69.5 Å². The van der Waals surface area contributed by atoms with Crippen molar-refractivity contribution in [2.75, 3.05) is 13.6 Å². The van der Waals surface area contributed by atoms with Crippen molar-refractivity contribution in [2.24, 2.45) is 0 Å². The van der Waals surface area contributed by atoms with Crippen LogP contribution in [0.5, 0.6) is 0 Å². The van der Waals surface area contributed by atoms with E-state index >= 15 is 0 Å². The lowest BCUT2D eigenvalue weighted by molar-refractivity contribution is -0.141. The van der Waals surface area contributed by atoms with E-state index < -0.39 is 22.0 Å². The summed E-state index contributed by atoms with van der Waals surface area (Å²) in [6.45, 7) is 3.53. The van der Waals surface area contributed by atoms with Crippen LogP contribution in [0.3, 0.4) is 0 Å². The van der Waals surface area contributed by atoms with Crippen LogP contribution in [0.1, 0.15) is 50.2 Å². The third kappa shape index (κ3) is 6.60. The van der Waals surface area contributed by atoms with Crippen molar-refractivity contribution in [1.82, 2.24) is 14.5 Å². The van der Waals surface area contributed by atoms with E-state index in [0.717, 1.165) is 51.9 Å². The number of rotatable bonds is 9. The molecule has 1 atom stereocenters. The predicted molar refractivity (Wildman–Crippen MR) is 150 cm³/mol. The van der Waals surface area contributed by atoms with Crippen LogP contribution in [0.4, 0.5) is 0 Å². The van der Waals surface area contributed by atoms with Gasteiger partial charge in [0.05, 0.1) is 11.4 Å². The van der Waals surface area contributed by atoms with E-state index in [4.69, 9.17) is 0 Å². The second-order valence-electron chi connectivity index (χ2n) is 10.3. The molecule has 1 saturated carbocycles. The zero-order valence-electron chi connectivity index (χ0n) is 22.4. The smallest absolute Gasteiger partial charge is 0.243 e. The van der Waals surface area contributed by atoms with E-state index in [1.165, 1.54) is 18.4 Å². The Bertz CT molecular complexity index is 1380. The van der Waals surface area contributed by atoms with E-state index in [1.807, 2.05) is 55.5 Å². The van der Waals surface area contributed by atoms with Gasteiger partial charge >= 0.3 is 0 Å². The summed E-state index contributed by atoms with van der Waals surface area (Å²) in [5.41, 5.74) is 1.97. The first-order chi connectivity index (χ1) is 18.1. The van der Waals surface area contributed by atoms with Gasteiger partial charge in [0.1, 0.15) is 6.04 Å². The van der Waals surface area contributed by atoms with Crippen molar-refractivity contribution in [3.05, 3.63) is 77.9 Å². The zero-order chi connectivity index (χ0) is 27.3. The molecule has 0 heterocycles. The number of amides is 2. The van der Waals surface area contributed by atoms with E-state index in [0.29, 0.717) is 0 Å². The van der Waals surface area contributed by atoms with Crippen LogP contribution >= 0.6 is 0 Å². The Hall–Kier alpha value is -3.23. The molecule has 3 aromatic carbocycles. The highest BCUT2D eigenvalue weighted by Gasteiger charge is 2.31. The van der Waals surface area contributed by atoms with Gasteiger partial charge in [0.2, 0.25) is 21.8 Å². The second kappa shape index (κ2) is 12.1. The van der Waals surface area contributed by atoms with Gasteiger partial charge in [-0.15, -0.1) is 0 Å². The van der Waals surface area contributed by atoms with Crippen molar-refractivity contribution < 1.29 is 18.0 Å². The number of aryl methyl sites for hydroxylation is 1. The Morgan fingerprint density at radius 3 is 2.29 bits per heavy atom. The van der Waals surface area contributed by atoms with Gasteiger partial charge in [-0.1, -0.05) is 79.4 Å². The number of nitrogens with one attached hydrogen (secondary N) is 1. The third-order valence-electron chi connectivity index (χ3n) is 7.38. The Balaban J connectivity index is 1.53. The van der Waals surface area contributed by atoms with Gasteiger partial charge in [-0.25, -0.2) is 8.42 Å². The lowest BCUT2D eigenvalue weighted by Crippen LogP contribution is -2.52. The summed E-state index contributed by atoms with van der Waals surface area (Å²) in [6.07, 6.45) is 5.23. The van der Waals surface area contributed by atoms with Crippen LogP contribution in [0.15, 0.2) is 71.6 Å². The lowest BCUT2D eigenvalue weighted by atomic mass is 9.95. The number of hydrogen-bond donors (Lipinski definition) is 1. The standard InChI is InChI=1S/C30H37N3O4S/c1-22-13-15-24(16-14-22)20-33(23(2)30(35)31-27-11-5-4-6-12-27)29(34)21-32(3)38(36,37)28-18-17-25-9-7-8-10-26(25)19-28/h7-10,13-19,23,27H,4-6,11-12,20-21H2,1-3H3,(H,31,35)/t23-/m0/s1. The number of benzene rings is 3. The molecule has 0 aliphatic heterocycles. The van der Waals surface area contributed by atoms with Gasteiger partial charge in [-0.05, 0) is 55.2 Å². The molecule has 0 unspecified atom stereocenters. The van der Waals surface area contributed by atoms with Gasteiger partial charge in [-0.3, -0.25) is 9.59 Å². The second-order valence-corrected chi connectivity index (χ2v) is 12.3. The zero-order valence-corrected chi connectivity index (χ0v) is 23.2. The fourth-order valence-corrected chi connectivity index (χ4v) is 6.07. The Kier molecular flexibility index (Phi) is 8.84. The lowest BCUT2D eigenvalue weighted by Gasteiger charge is -2.32. The summed E-state index contributed by atoms with van der Waals surface area (Å²) in [7, 11) is -2.52. The minimum Gasteiger partial charge on any atom is -0.352 e. The number of sulfonamides is 1. The van der Waals surface area contributed by atoms with Crippen LogP contribution in [0, 0.1) is 6.92 Å². The first kappa shape index (κ1) is 27.8. The quantitative estimate of drug-likeness (QED) is 0.433. The minimum absolute atomic E-state index is 0.117. The molecule has 3 aromatic rings. The molecule has 2 amide bonds. The van der Waals surface area contributed by atoms with Gasteiger partial charge in [0.15, 0.2) is 0 Å². The summed E-state index contributed by atoms with van der Waals surface area (Å²) in [5, 5.41) is 4.86. The van der Waals surface area contributed by atoms with E-state index in [9.17, 15) is 18.0 Å². The Morgan fingerprint density at radius 2 is 1.61 bits per heavy atom. The first-order valence-corrected chi connectivity index (χ1v) is 14.7. The maximum absolute atomic E-state index is 13.6. The number of fused-ring (bicyclic) bond motifs is 1. The highest BCUT2D eigenvalue weighted by atomic mass is 32.2. The molecule has 202 valence electrons. The van der Waals surface area contributed by atoms with Crippen LogP contribution in [-0.4, -0.2) is 55.1 Å². The van der Waals surface area contributed by atoms with Gasteiger partial charge < -0.3 is 10.2 Å². The van der Waals surface area contributed by atoms with Crippen LogP contribution in [0.2, 0.25) is 0 Å². The van der Waals surface area contributed by atoms with E-state index in [2.05, 4.69) is 5.32 Å². The minimum atomic E-state index is -3.92. The fourth-order valence-electron chi connectivity index (χ4n) is 4.92. The summed E-state index contributed by atoms with van der Waals surface area (Å²) < 4.78 is 27.8. The molecule has 0 bridgehead atoms. The van der Waals surface area contributed by atoms with Crippen molar-refractivity contribution in [3.63, 3.8) is 0 Å². The summed E-state index contributed by atoms with van der Waals surface area (Å²) in [5.74, 6) is -0.638. The molecule has 1 fully saturated rings. The maximum atomic E-state index is 13.6. The van der Waals surface area contributed by atoms with Crippen molar-refractivity contribution in [3.8, 4) is 0 Å². The Labute approximate surface area is 225 Å². The van der Waals surface area contributed by atoms with Crippen LogP contribution in [-0.2, 0) is 26.2 Å². The molecule has 0 aromatic heterocycles. The molecule has 1 aliphatic carbocycles. The Morgan fingerprint density at radius 1 is 0.947 bits per heavy atom. The van der Waals surface area contributed by atoms with Crippen LogP contribution < -0.4 is 5.32 Å². The molecule has 0 spiro atoms. The average Bonchev–Trinajstić information content (AvgIpc) is 2.92. The number of carbonyl (C=O) groups is 2. The third-order valence-corrected chi connectivity index (χ3v) is 9.18. The van der Waals surface area contributed by atoms with Gasteiger partial charge in [-0.2, -0.15) is 4.31 Å². The molecule has 1 aliphatic rings. The molecule has 0 radical (unpaired) electrons. The molecule has 1 N–H and O–H groups in total. The molecular weight excluding hydrogens is 498 g/mol. The first-order valence-electron chi connectivity index (χ1n) is 13.3. The maximum Gasteiger partial charge on any atom is 0.243 e. The monoisotopic (exact) mass is 535 g/mol. The summed E-state index contributed by atoms with van der Waals surface area (Å²) in [4.78, 5) is 28.4. The molecule has 38 heavy (non-hydrogen) atoms. The van der Waals surface area contributed by atoms with E-state index in [-0.39, 0.29) is 29.9 Å². The number of likely N-dealkylation sites (N-methyl/N-ethyl adjacent to an activating group) is 1. The molecule has 7 nitrogen and oxygen atoms in total. The SMILES string of the molecule is Cc1ccc(CN(C(=O)CN(C)S(=O)(=O)c2ccc3ccccc3c2)[C@@H](C)C(=O)NC2CCCCC2)cc1. The van der Waals surface area contributed by atoms with E-state index in [1.54, 1.807) is 25.1 Å². The van der Waals surface area contributed by atoms with Crippen molar-refractivity contribution in [1.29, 1.82) is 0 Å². The highest BCUT2D eigenvalue weighted by Crippen LogP contribution is 2.22. The number of nitrogens with zero attached hydrogens (tertiary/aromatic N) is 2. The highest BCUT2D eigenvalue weighted by molar-refractivity contribution is 7.89. The predicted octanol–water partition coefficient (Wildman–Crippen LogP) is 4.63. The largest absolute Gasteiger partial charge is 0.352 e.